The highest BCUT2D eigenvalue weighted by molar-refractivity contribution is 5.76. The summed E-state index contributed by atoms with van der Waals surface area (Å²) in [7, 11) is 0. The average molecular weight is 226 g/mol. The predicted octanol–water partition coefficient (Wildman–Crippen LogP) is 2.02. The number of nitrogens with one attached hydrogen (secondary N) is 1. The molecule has 1 aliphatic heterocycles. The minimum Gasteiger partial charge on any atom is -0.353 e. The van der Waals surface area contributed by atoms with Crippen LogP contribution < -0.4 is 5.32 Å². The van der Waals surface area contributed by atoms with Gasteiger partial charge in [0, 0.05) is 25.6 Å². The number of rotatable bonds is 3. The van der Waals surface area contributed by atoms with Gasteiger partial charge in [0.15, 0.2) is 0 Å². The van der Waals surface area contributed by atoms with Gasteiger partial charge in [0.05, 0.1) is 0 Å². The van der Waals surface area contributed by atoms with Crippen molar-refractivity contribution in [2.45, 2.75) is 53.0 Å². The van der Waals surface area contributed by atoms with Crippen LogP contribution >= 0.6 is 0 Å². The highest BCUT2D eigenvalue weighted by Gasteiger charge is 2.22. The molecule has 0 spiro atoms. The van der Waals surface area contributed by atoms with Crippen LogP contribution in [0.5, 0.6) is 0 Å². The lowest BCUT2D eigenvalue weighted by Gasteiger charge is -2.32. The molecule has 1 fully saturated rings. The van der Waals surface area contributed by atoms with Crippen LogP contribution in [0.15, 0.2) is 0 Å². The van der Waals surface area contributed by atoms with Crippen molar-refractivity contribution in [3.05, 3.63) is 0 Å². The van der Waals surface area contributed by atoms with E-state index in [1.807, 2.05) is 0 Å². The van der Waals surface area contributed by atoms with Crippen LogP contribution in [-0.4, -0.2) is 36.5 Å². The number of nitrogens with zero attached hydrogens (tertiary/aromatic N) is 1. The van der Waals surface area contributed by atoms with E-state index in [0.29, 0.717) is 12.5 Å². The molecule has 1 rings (SSSR count). The van der Waals surface area contributed by atoms with Crippen molar-refractivity contribution in [3.8, 4) is 0 Å². The Kier molecular flexibility index (Phi) is 4.78. The number of amides is 1. The number of carbonyl (C=O) groups is 1. The van der Waals surface area contributed by atoms with Gasteiger partial charge in [-0.1, -0.05) is 27.7 Å². The lowest BCUT2D eigenvalue weighted by atomic mass is 9.91. The van der Waals surface area contributed by atoms with Crippen LogP contribution in [0, 0.1) is 5.41 Å². The monoisotopic (exact) mass is 226 g/mol. The van der Waals surface area contributed by atoms with E-state index in [0.717, 1.165) is 32.5 Å². The summed E-state index contributed by atoms with van der Waals surface area (Å²) in [5, 5.41) is 3.15. The van der Waals surface area contributed by atoms with Gasteiger partial charge in [-0.3, -0.25) is 4.79 Å². The molecule has 0 bridgehead atoms. The van der Waals surface area contributed by atoms with Gasteiger partial charge < -0.3 is 10.2 Å². The van der Waals surface area contributed by atoms with E-state index >= 15 is 0 Å². The molecule has 0 aromatic carbocycles. The Morgan fingerprint density at radius 2 is 1.88 bits per heavy atom. The van der Waals surface area contributed by atoms with E-state index in [1.54, 1.807) is 0 Å². The second kappa shape index (κ2) is 5.67. The van der Waals surface area contributed by atoms with E-state index in [-0.39, 0.29) is 11.3 Å². The first kappa shape index (κ1) is 13.5. The minimum atomic E-state index is 0.0915. The summed E-state index contributed by atoms with van der Waals surface area (Å²) >= 11 is 0. The third-order valence-electron chi connectivity index (χ3n) is 3.09. The maximum atomic E-state index is 11.8. The Bertz CT molecular complexity index is 225. The molecule has 16 heavy (non-hydrogen) atoms. The molecule has 1 heterocycles. The normalized spacial score (nSPS) is 19.8. The number of carbonyl (C=O) groups excluding carboxylic acids is 1. The fourth-order valence-electron chi connectivity index (χ4n) is 2.15. The van der Waals surface area contributed by atoms with Crippen LogP contribution in [0.1, 0.15) is 47.0 Å². The molecule has 1 N–H and O–H groups in total. The molecule has 0 atom stereocenters. The molecule has 0 aromatic heterocycles. The standard InChI is InChI=1S/C13H26N2O/c1-5-15-8-6-11(7-9-15)14-12(16)10-13(2,3)4/h11H,5-10H2,1-4H3,(H,14,16). The average Bonchev–Trinajstić information content (AvgIpc) is 2.16. The fraction of sp³-hybridized carbons (Fsp3) is 0.923. The van der Waals surface area contributed by atoms with E-state index in [2.05, 4.69) is 37.9 Å². The Morgan fingerprint density at radius 3 is 2.31 bits per heavy atom. The predicted molar refractivity (Wildman–Crippen MR) is 67.4 cm³/mol. The molecule has 0 saturated carbocycles. The maximum Gasteiger partial charge on any atom is 0.220 e. The topological polar surface area (TPSA) is 32.3 Å². The van der Waals surface area contributed by atoms with Gasteiger partial charge in [0.25, 0.3) is 0 Å². The number of hydrogen-bond acceptors (Lipinski definition) is 2. The molecule has 1 saturated heterocycles. The van der Waals surface area contributed by atoms with Crippen molar-refractivity contribution in [2.24, 2.45) is 5.41 Å². The van der Waals surface area contributed by atoms with Gasteiger partial charge in [0.1, 0.15) is 0 Å². The Labute approximate surface area is 99.6 Å². The lowest BCUT2D eigenvalue weighted by Crippen LogP contribution is -2.45. The summed E-state index contributed by atoms with van der Waals surface area (Å²) in [4.78, 5) is 14.2. The van der Waals surface area contributed by atoms with Gasteiger partial charge in [-0.2, -0.15) is 0 Å². The summed E-state index contributed by atoms with van der Waals surface area (Å²) < 4.78 is 0. The molecule has 1 amide bonds. The van der Waals surface area contributed by atoms with Crippen molar-refractivity contribution < 1.29 is 4.79 Å². The lowest BCUT2D eigenvalue weighted by molar-refractivity contribution is -0.123. The van der Waals surface area contributed by atoms with Crippen LogP contribution in [0.2, 0.25) is 0 Å². The van der Waals surface area contributed by atoms with Crippen LogP contribution in [-0.2, 0) is 4.79 Å². The maximum absolute atomic E-state index is 11.8. The third kappa shape index (κ3) is 4.97. The molecule has 0 aromatic rings. The molecule has 0 radical (unpaired) electrons. The second-order valence-corrected chi connectivity index (χ2v) is 6.01. The summed E-state index contributed by atoms with van der Waals surface area (Å²) in [6, 6.07) is 0.401. The highest BCUT2D eigenvalue weighted by atomic mass is 16.1. The van der Waals surface area contributed by atoms with Crippen LogP contribution in [0.4, 0.5) is 0 Å². The SMILES string of the molecule is CCN1CCC(NC(=O)CC(C)(C)C)CC1. The molecular formula is C13H26N2O. The van der Waals surface area contributed by atoms with E-state index in [4.69, 9.17) is 0 Å². The molecular weight excluding hydrogens is 200 g/mol. The van der Waals surface area contributed by atoms with E-state index in [1.165, 1.54) is 0 Å². The zero-order valence-electron chi connectivity index (χ0n) is 11.2. The van der Waals surface area contributed by atoms with Gasteiger partial charge in [-0.05, 0) is 24.8 Å². The zero-order chi connectivity index (χ0) is 12.2. The quantitative estimate of drug-likeness (QED) is 0.798. The molecule has 0 unspecified atom stereocenters. The van der Waals surface area contributed by atoms with Crippen molar-refractivity contribution in [3.63, 3.8) is 0 Å². The second-order valence-electron chi connectivity index (χ2n) is 6.01. The molecule has 3 nitrogen and oxygen atoms in total. The van der Waals surface area contributed by atoms with Crippen molar-refractivity contribution >= 4 is 5.91 Å². The van der Waals surface area contributed by atoms with Gasteiger partial charge in [-0.25, -0.2) is 0 Å². The zero-order valence-corrected chi connectivity index (χ0v) is 11.2. The molecule has 94 valence electrons. The third-order valence-corrected chi connectivity index (χ3v) is 3.09. The molecule has 3 heteroatoms. The first-order chi connectivity index (χ1) is 7.40. The minimum absolute atomic E-state index is 0.0915. The number of likely N-dealkylation sites (tertiary alicyclic amines) is 1. The molecule has 0 aliphatic carbocycles. The van der Waals surface area contributed by atoms with Crippen LogP contribution in [0.25, 0.3) is 0 Å². The van der Waals surface area contributed by atoms with E-state index in [9.17, 15) is 4.79 Å². The number of hydrogen-bond donors (Lipinski definition) is 1. The Hall–Kier alpha value is -0.570. The van der Waals surface area contributed by atoms with Crippen LogP contribution in [0.3, 0.4) is 0 Å². The summed E-state index contributed by atoms with van der Waals surface area (Å²) in [6.45, 7) is 11.9. The van der Waals surface area contributed by atoms with Crippen molar-refractivity contribution in [1.82, 2.24) is 10.2 Å². The smallest absolute Gasteiger partial charge is 0.220 e. The first-order valence-electron chi connectivity index (χ1n) is 6.42. The summed E-state index contributed by atoms with van der Waals surface area (Å²) in [5.74, 6) is 0.211. The first-order valence-corrected chi connectivity index (χ1v) is 6.42. The summed E-state index contributed by atoms with van der Waals surface area (Å²) in [6.07, 6.45) is 2.83. The van der Waals surface area contributed by atoms with Gasteiger partial charge >= 0.3 is 0 Å². The van der Waals surface area contributed by atoms with Crippen molar-refractivity contribution in [1.29, 1.82) is 0 Å². The number of piperidine rings is 1. The largest absolute Gasteiger partial charge is 0.353 e. The van der Waals surface area contributed by atoms with Gasteiger partial charge in [-0.15, -0.1) is 0 Å². The fourth-order valence-corrected chi connectivity index (χ4v) is 2.15. The van der Waals surface area contributed by atoms with Crippen molar-refractivity contribution in [2.75, 3.05) is 19.6 Å². The highest BCUT2D eigenvalue weighted by Crippen LogP contribution is 2.18. The Morgan fingerprint density at radius 1 is 1.31 bits per heavy atom. The van der Waals surface area contributed by atoms with Gasteiger partial charge in [0.2, 0.25) is 5.91 Å². The summed E-state index contributed by atoms with van der Waals surface area (Å²) in [5.41, 5.74) is 0.0915. The molecule has 1 aliphatic rings. The van der Waals surface area contributed by atoms with E-state index < -0.39 is 0 Å². The Balaban J connectivity index is 2.26.